The van der Waals surface area contributed by atoms with E-state index in [1.807, 2.05) is 19.1 Å². The van der Waals surface area contributed by atoms with Crippen molar-refractivity contribution in [3.8, 4) is 0 Å². The van der Waals surface area contributed by atoms with Crippen molar-refractivity contribution in [2.75, 3.05) is 13.2 Å². The first-order chi connectivity index (χ1) is 13.5. The van der Waals surface area contributed by atoms with Gasteiger partial charge in [-0.3, -0.25) is 24.1 Å². The van der Waals surface area contributed by atoms with Gasteiger partial charge in [-0.25, -0.2) is 0 Å². The number of hydrogen-bond acceptors (Lipinski definition) is 5. The van der Waals surface area contributed by atoms with Crippen molar-refractivity contribution in [2.45, 2.75) is 13.3 Å². The summed E-state index contributed by atoms with van der Waals surface area (Å²) in [5, 5.41) is 0. The maximum Gasteiger partial charge on any atom is 0.326 e. The standard InChI is InChI=1S/C22H21NO5/c1-11-2-4-12(5-3-11)17(24)10-28-18(25)9-23-21(26)19-13-6-7-14(16-8-15(13)16)20(19)22(23)27/h2-7,13-16,19-20H,8-10H2,1H3/t13-,14-,15-,16+,19-,20+/m0/s1. The number of hydrogen-bond donors (Lipinski definition) is 0. The predicted octanol–water partition coefficient (Wildman–Crippen LogP) is 1.77. The predicted molar refractivity (Wildman–Crippen MR) is 97.9 cm³/mol. The fraction of sp³-hybridized carbons (Fsp3) is 0.455. The maximum absolute atomic E-state index is 12.8. The van der Waals surface area contributed by atoms with Crippen LogP contribution < -0.4 is 0 Å². The smallest absolute Gasteiger partial charge is 0.326 e. The molecule has 3 fully saturated rings. The normalized spacial score (nSPS) is 34.2. The number of likely N-dealkylation sites (tertiary alicyclic amines) is 1. The van der Waals surface area contributed by atoms with Crippen LogP contribution in [-0.4, -0.2) is 41.6 Å². The Morgan fingerprint density at radius 1 is 1.00 bits per heavy atom. The lowest BCUT2D eigenvalue weighted by Crippen LogP contribution is -2.40. The Balaban J connectivity index is 1.21. The van der Waals surface area contributed by atoms with Gasteiger partial charge in [0.2, 0.25) is 11.8 Å². The fourth-order valence-electron chi connectivity index (χ4n) is 5.32. The van der Waals surface area contributed by atoms with E-state index >= 15 is 0 Å². The summed E-state index contributed by atoms with van der Waals surface area (Å²) in [6.45, 7) is 1.10. The first-order valence-corrected chi connectivity index (χ1v) is 9.75. The van der Waals surface area contributed by atoms with Crippen molar-refractivity contribution in [3.05, 3.63) is 47.5 Å². The zero-order chi connectivity index (χ0) is 19.6. The van der Waals surface area contributed by atoms with Crippen LogP contribution >= 0.6 is 0 Å². The second-order valence-corrected chi connectivity index (χ2v) is 8.37. The van der Waals surface area contributed by atoms with Crippen molar-refractivity contribution in [2.24, 2.45) is 35.5 Å². The van der Waals surface area contributed by atoms with E-state index in [-0.39, 0.29) is 41.3 Å². The third-order valence-electron chi connectivity index (χ3n) is 6.78. The van der Waals surface area contributed by atoms with Crippen LogP contribution in [0.4, 0.5) is 0 Å². The van der Waals surface area contributed by atoms with Gasteiger partial charge in [0.05, 0.1) is 11.8 Å². The lowest BCUT2D eigenvalue weighted by Gasteiger charge is -2.37. The zero-order valence-electron chi connectivity index (χ0n) is 15.5. The van der Waals surface area contributed by atoms with E-state index in [0.717, 1.165) is 16.9 Å². The van der Waals surface area contributed by atoms with Gasteiger partial charge in [-0.2, -0.15) is 0 Å². The number of benzene rings is 1. The average Bonchev–Trinajstić information content (AvgIpc) is 3.48. The van der Waals surface area contributed by atoms with E-state index in [4.69, 9.17) is 4.74 Å². The van der Waals surface area contributed by atoms with Gasteiger partial charge in [-0.15, -0.1) is 0 Å². The highest BCUT2D eigenvalue weighted by atomic mass is 16.5. The molecular formula is C22H21NO5. The number of carbonyl (C=O) groups is 4. The third kappa shape index (κ3) is 2.54. The molecule has 6 heteroatoms. The maximum atomic E-state index is 12.8. The molecule has 6 rings (SSSR count). The Morgan fingerprint density at radius 3 is 2.14 bits per heavy atom. The number of ketones is 1. The molecule has 2 bridgehead atoms. The van der Waals surface area contributed by atoms with Gasteiger partial charge in [0.15, 0.2) is 12.4 Å². The van der Waals surface area contributed by atoms with Crippen LogP contribution in [0.1, 0.15) is 22.3 Å². The second-order valence-electron chi connectivity index (χ2n) is 8.37. The molecule has 6 atom stereocenters. The van der Waals surface area contributed by atoms with Crippen molar-refractivity contribution < 1.29 is 23.9 Å². The van der Waals surface area contributed by atoms with Crippen molar-refractivity contribution in [3.63, 3.8) is 0 Å². The molecule has 1 aromatic carbocycles. The van der Waals surface area contributed by atoms with Gasteiger partial charge < -0.3 is 4.74 Å². The summed E-state index contributed by atoms with van der Waals surface area (Å²) in [6.07, 6.45) is 5.28. The van der Waals surface area contributed by atoms with E-state index in [0.29, 0.717) is 17.4 Å². The lowest BCUT2D eigenvalue weighted by molar-refractivity contribution is -0.152. The number of esters is 1. The minimum atomic E-state index is -0.730. The molecule has 0 spiro atoms. The molecule has 0 unspecified atom stereocenters. The molecule has 0 aromatic heterocycles. The molecule has 0 N–H and O–H groups in total. The number of ether oxygens (including phenoxy) is 1. The van der Waals surface area contributed by atoms with Crippen LogP contribution in [0.15, 0.2) is 36.4 Å². The number of allylic oxidation sites excluding steroid dienone is 2. The zero-order valence-corrected chi connectivity index (χ0v) is 15.5. The van der Waals surface area contributed by atoms with Crippen LogP contribution in [0.25, 0.3) is 0 Å². The van der Waals surface area contributed by atoms with E-state index < -0.39 is 19.1 Å². The summed E-state index contributed by atoms with van der Waals surface area (Å²) in [5.41, 5.74) is 1.49. The Labute approximate surface area is 162 Å². The third-order valence-corrected chi connectivity index (χ3v) is 6.78. The largest absolute Gasteiger partial charge is 0.456 e. The summed E-state index contributed by atoms with van der Waals surface area (Å²) in [5.74, 6) is -0.931. The number of nitrogens with zero attached hydrogens (tertiary/aromatic N) is 1. The van der Waals surface area contributed by atoms with Crippen LogP contribution in [0.3, 0.4) is 0 Å². The number of rotatable bonds is 5. The highest BCUT2D eigenvalue weighted by Crippen LogP contribution is 2.65. The van der Waals surface area contributed by atoms with E-state index in [2.05, 4.69) is 12.2 Å². The SMILES string of the molecule is Cc1ccc(C(=O)COC(=O)CN2C(=O)[C@@H]3[C@H]4C=C[C@@H]([C@@H]5C[C@H]45)[C@@H]3C2=O)cc1. The van der Waals surface area contributed by atoms with E-state index in [9.17, 15) is 19.2 Å². The van der Waals surface area contributed by atoms with Crippen LogP contribution in [-0.2, 0) is 19.1 Å². The van der Waals surface area contributed by atoms with E-state index in [1.165, 1.54) is 0 Å². The molecule has 144 valence electrons. The number of aryl methyl sites for hydroxylation is 1. The highest BCUT2D eigenvalue weighted by molar-refractivity contribution is 6.08. The molecule has 5 aliphatic rings. The first kappa shape index (κ1) is 17.3. The van der Waals surface area contributed by atoms with Crippen molar-refractivity contribution in [1.29, 1.82) is 0 Å². The minimum Gasteiger partial charge on any atom is -0.456 e. The Kier molecular flexibility index (Phi) is 3.79. The average molecular weight is 379 g/mol. The molecule has 2 amide bonds. The quantitative estimate of drug-likeness (QED) is 0.337. The summed E-state index contributed by atoms with van der Waals surface area (Å²) in [6, 6.07) is 6.98. The summed E-state index contributed by atoms with van der Waals surface area (Å²) < 4.78 is 5.05. The van der Waals surface area contributed by atoms with Crippen LogP contribution in [0.5, 0.6) is 0 Å². The summed E-state index contributed by atoms with van der Waals surface area (Å²) in [4.78, 5) is 51.0. The molecule has 0 radical (unpaired) electrons. The Bertz CT molecular complexity index is 881. The molecule has 4 aliphatic carbocycles. The number of Topliss-reactive ketones (excluding diaryl/α,β-unsaturated/α-hetero) is 1. The van der Waals surface area contributed by atoms with Crippen molar-refractivity contribution >= 4 is 23.6 Å². The molecule has 1 aromatic rings. The number of carbonyl (C=O) groups excluding carboxylic acids is 4. The van der Waals surface area contributed by atoms with Gasteiger partial charge >= 0.3 is 5.97 Å². The second kappa shape index (κ2) is 6.12. The number of imide groups is 1. The molecule has 1 heterocycles. The monoisotopic (exact) mass is 379 g/mol. The molecule has 1 saturated heterocycles. The molecule has 2 saturated carbocycles. The van der Waals surface area contributed by atoms with Gasteiger partial charge in [-0.05, 0) is 37.0 Å². The van der Waals surface area contributed by atoms with Gasteiger partial charge in [-0.1, -0.05) is 42.0 Å². The van der Waals surface area contributed by atoms with Crippen LogP contribution in [0.2, 0.25) is 0 Å². The first-order valence-electron chi connectivity index (χ1n) is 9.75. The fourth-order valence-corrected chi connectivity index (χ4v) is 5.32. The van der Waals surface area contributed by atoms with Gasteiger partial charge in [0.1, 0.15) is 6.54 Å². The molecular weight excluding hydrogens is 358 g/mol. The lowest BCUT2D eigenvalue weighted by atomic mass is 9.63. The van der Waals surface area contributed by atoms with Crippen molar-refractivity contribution in [1.82, 2.24) is 4.90 Å². The van der Waals surface area contributed by atoms with E-state index in [1.54, 1.807) is 12.1 Å². The highest BCUT2D eigenvalue weighted by Gasteiger charge is 2.67. The summed E-state index contributed by atoms with van der Waals surface area (Å²) in [7, 11) is 0. The topological polar surface area (TPSA) is 80.8 Å². The number of amides is 2. The Hall–Kier alpha value is -2.76. The molecule has 1 aliphatic heterocycles. The summed E-state index contributed by atoms with van der Waals surface area (Å²) >= 11 is 0. The minimum absolute atomic E-state index is 0.126. The van der Waals surface area contributed by atoms with Crippen LogP contribution in [0, 0.1) is 42.4 Å². The molecule has 28 heavy (non-hydrogen) atoms. The molecule has 6 nitrogen and oxygen atoms in total. The van der Waals surface area contributed by atoms with Gasteiger partial charge in [0, 0.05) is 5.56 Å². The Morgan fingerprint density at radius 2 is 1.57 bits per heavy atom. The van der Waals surface area contributed by atoms with Gasteiger partial charge in [0.25, 0.3) is 0 Å².